The summed E-state index contributed by atoms with van der Waals surface area (Å²) in [5, 5.41) is 38.1. The predicted molar refractivity (Wildman–Crippen MR) is 58.7 cm³/mol. The van der Waals surface area contributed by atoms with Crippen molar-refractivity contribution in [2.45, 2.75) is 33.3 Å². The van der Waals surface area contributed by atoms with E-state index >= 15 is 0 Å². The third-order valence-electron chi connectivity index (χ3n) is 0.672. The van der Waals surface area contributed by atoms with Crippen molar-refractivity contribution in [1.29, 1.82) is 0 Å². The monoisotopic (exact) mass is 256 g/mol. The first-order valence-corrected chi connectivity index (χ1v) is 4.53. The van der Waals surface area contributed by atoms with E-state index in [-0.39, 0.29) is 19.5 Å². The van der Waals surface area contributed by atoms with Crippen LogP contribution in [0, 0.1) is 0 Å². The van der Waals surface area contributed by atoms with Crippen LogP contribution in [0.3, 0.4) is 0 Å². The molecule has 0 aliphatic heterocycles. The Hall–Kier alpha value is -1.67. The van der Waals surface area contributed by atoms with Gasteiger partial charge < -0.3 is 25.5 Å². The molecule has 5 N–H and O–H groups in total. The number of rotatable bonds is 2. The van der Waals surface area contributed by atoms with Crippen molar-refractivity contribution in [2.75, 3.05) is 6.61 Å². The van der Waals surface area contributed by atoms with Crippen molar-refractivity contribution in [2.24, 2.45) is 0 Å². The maximum atomic E-state index is 9.68. The molecule has 0 amide bonds. The van der Waals surface area contributed by atoms with Crippen LogP contribution in [0.2, 0.25) is 0 Å². The second-order valence-electron chi connectivity index (χ2n) is 2.20. The summed E-state index contributed by atoms with van der Waals surface area (Å²) in [4.78, 5) is 27.0. The molecule has 0 heterocycles. The molecule has 0 bridgehead atoms. The molecule has 17 heavy (non-hydrogen) atoms. The van der Waals surface area contributed by atoms with E-state index in [4.69, 9.17) is 35.1 Å². The average molecular weight is 256 g/mol. The Morgan fingerprint density at radius 3 is 1.41 bits per heavy atom. The van der Waals surface area contributed by atoms with Gasteiger partial charge in [-0.3, -0.25) is 9.59 Å². The molecule has 104 valence electrons. The second kappa shape index (κ2) is 23.9. The highest BCUT2D eigenvalue weighted by Gasteiger charge is 2.07. The highest BCUT2D eigenvalue weighted by molar-refractivity contribution is 5.71. The van der Waals surface area contributed by atoms with E-state index in [9.17, 15) is 4.79 Å². The topological polar surface area (TPSA) is 152 Å². The largest absolute Gasteiger partial charge is 0.483 e. The number of aliphatic carboxylic acids is 2. The number of hydrogen-bond donors (Lipinski definition) is 5. The standard InChI is InChI=1S/C4H8O3.C2H4O2.C2H6O.CH2O2/c1-2-3(5)4(6)7;1-2(3)4;1-2-3;2-1-3/h3,5H,2H2,1H3,(H,6,7);1H3,(H,3,4);3H,2H2,1H3;1H,(H,2,3). The van der Waals surface area contributed by atoms with E-state index in [1.807, 2.05) is 0 Å². The van der Waals surface area contributed by atoms with Crippen LogP contribution in [-0.2, 0) is 14.4 Å². The van der Waals surface area contributed by atoms with E-state index in [1.165, 1.54) is 0 Å². The fourth-order valence-corrected chi connectivity index (χ4v) is 0.175. The zero-order valence-corrected chi connectivity index (χ0v) is 10.0. The van der Waals surface area contributed by atoms with Crippen LogP contribution in [0.15, 0.2) is 0 Å². The Bertz CT molecular complexity index is 176. The van der Waals surface area contributed by atoms with Crippen LogP contribution in [0.4, 0.5) is 0 Å². The van der Waals surface area contributed by atoms with Crippen LogP contribution in [0.25, 0.3) is 0 Å². The average Bonchev–Trinajstić information content (AvgIpc) is 2.18. The number of carbonyl (C=O) groups is 3. The Kier molecular flexibility index (Phi) is 34.4. The summed E-state index contributed by atoms with van der Waals surface area (Å²) in [7, 11) is 0. The molecule has 0 aromatic rings. The molecule has 0 spiro atoms. The van der Waals surface area contributed by atoms with Gasteiger partial charge in [0.25, 0.3) is 12.4 Å². The summed E-state index contributed by atoms with van der Waals surface area (Å²) in [5.41, 5.74) is 0. The third-order valence-corrected chi connectivity index (χ3v) is 0.672. The summed E-state index contributed by atoms with van der Waals surface area (Å²) >= 11 is 0. The van der Waals surface area contributed by atoms with Crippen molar-refractivity contribution in [3.8, 4) is 0 Å². The lowest BCUT2D eigenvalue weighted by Crippen LogP contribution is -2.17. The van der Waals surface area contributed by atoms with E-state index in [2.05, 4.69) is 0 Å². The minimum atomic E-state index is -1.18. The van der Waals surface area contributed by atoms with Crippen molar-refractivity contribution in [3.05, 3.63) is 0 Å². The van der Waals surface area contributed by atoms with Crippen molar-refractivity contribution in [3.63, 3.8) is 0 Å². The first kappa shape index (κ1) is 24.5. The molecule has 8 heteroatoms. The first-order valence-electron chi connectivity index (χ1n) is 4.53. The van der Waals surface area contributed by atoms with Gasteiger partial charge in [0.05, 0.1) is 0 Å². The highest BCUT2D eigenvalue weighted by Crippen LogP contribution is 1.86. The fraction of sp³-hybridized carbons (Fsp3) is 0.667. The summed E-state index contributed by atoms with van der Waals surface area (Å²) in [6.45, 7) is 4.37. The van der Waals surface area contributed by atoms with Crippen LogP contribution < -0.4 is 0 Å². The third kappa shape index (κ3) is 116. The maximum Gasteiger partial charge on any atom is 0.332 e. The molecule has 0 rings (SSSR count). The molecule has 0 aliphatic carbocycles. The van der Waals surface area contributed by atoms with Gasteiger partial charge in [-0.2, -0.15) is 0 Å². The van der Waals surface area contributed by atoms with Crippen molar-refractivity contribution in [1.82, 2.24) is 0 Å². The Balaban J connectivity index is -0.0000000726. The lowest BCUT2D eigenvalue weighted by atomic mass is 10.3. The Morgan fingerprint density at radius 1 is 1.24 bits per heavy atom. The molecule has 1 atom stereocenters. The van der Waals surface area contributed by atoms with Crippen LogP contribution >= 0.6 is 0 Å². The molecular weight excluding hydrogens is 236 g/mol. The fourth-order valence-electron chi connectivity index (χ4n) is 0.175. The zero-order chi connectivity index (χ0) is 14.9. The van der Waals surface area contributed by atoms with Gasteiger partial charge in [0.1, 0.15) is 0 Å². The minimum absolute atomic E-state index is 0.250. The number of aliphatic hydroxyl groups excluding tert-OH is 2. The molecule has 0 radical (unpaired) electrons. The molecule has 1 unspecified atom stereocenters. The van der Waals surface area contributed by atoms with Gasteiger partial charge in [-0.05, 0) is 13.3 Å². The summed E-state index contributed by atoms with van der Waals surface area (Å²) in [6.07, 6.45) is -0.907. The van der Waals surface area contributed by atoms with Crippen molar-refractivity contribution < 1.29 is 39.9 Å². The molecule has 0 saturated carbocycles. The smallest absolute Gasteiger partial charge is 0.332 e. The molecule has 8 nitrogen and oxygen atoms in total. The summed E-state index contributed by atoms with van der Waals surface area (Å²) in [6, 6.07) is 0. The molecule has 0 aromatic carbocycles. The lowest BCUT2D eigenvalue weighted by molar-refractivity contribution is -0.146. The van der Waals surface area contributed by atoms with Gasteiger partial charge in [0, 0.05) is 13.5 Å². The van der Waals surface area contributed by atoms with Gasteiger partial charge in [0.15, 0.2) is 6.10 Å². The Labute approximate surface area is 99.1 Å². The first-order chi connectivity index (χ1) is 7.74. The lowest BCUT2D eigenvalue weighted by Gasteiger charge is -1.95. The Morgan fingerprint density at radius 2 is 1.41 bits per heavy atom. The normalized spacial score (nSPS) is 8.76. The molecule has 0 aromatic heterocycles. The van der Waals surface area contributed by atoms with E-state index in [1.54, 1.807) is 13.8 Å². The van der Waals surface area contributed by atoms with Crippen LogP contribution in [0.5, 0.6) is 0 Å². The molecule has 0 fully saturated rings. The van der Waals surface area contributed by atoms with Crippen LogP contribution in [0.1, 0.15) is 27.2 Å². The van der Waals surface area contributed by atoms with Gasteiger partial charge in [-0.15, -0.1) is 0 Å². The van der Waals surface area contributed by atoms with E-state index < -0.39 is 18.0 Å². The van der Waals surface area contributed by atoms with Crippen molar-refractivity contribution >= 4 is 18.4 Å². The zero-order valence-electron chi connectivity index (χ0n) is 10.0. The highest BCUT2D eigenvalue weighted by atomic mass is 16.4. The number of carboxylic acids is 2. The van der Waals surface area contributed by atoms with Crippen LogP contribution in [-0.4, -0.2) is 56.7 Å². The van der Waals surface area contributed by atoms with Gasteiger partial charge >= 0.3 is 5.97 Å². The predicted octanol–water partition coefficient (Wildman–Crippen LogP) is -0.368. The minimum Gasteiger partial charge on any atom is -0.483 e. The van der Waals surface area contributed by atoms with E-state index in [0.717, 1.165) is 6.92 Å². The van der Waals surface area contributed by atoms with E-state index in [0.29, 0.717) is 0 Å². The molecule has 0 saturated heterocycles. The van der Waals surface area contributed by atoms with Gasteiger partial charge in [0.2, 0.25) is 0 Å². The molecule has 0 aliphatic rings. The number of carboxylic acid groups (broad SMARTS) is 3. The summed E-state index contributed by atoms with van der Waals surface area (Å²) in [5.74, 6) is -1.98. The number of hydrogen-bond acceptors (Lipinski definition) is 5. The summed E-state index contributed by atoms with van der Waals surface area (Å²) < 4.78 is 0. The molecular formula is C9H20O8. The maximum absolute atomic E-state index is 9.68. The second-order valence-corrected chi connectivity index (χ2v) is 2.20. The van der Waals surface area contributed by atoms with Gasteiger partial charge in [-0.25, -0.2) is 4.79 Å². The quantitative estimate of drug-likeness (QED) is 0.419. The SMILES string of the molecule is CC(=O)O.CCC(O)C(=O)O.CCO.O=CO. The van der Waals surface area contributed by atoms with Gasteiger partial charge in [-0.1, -0.05) is 6.92 Å². The number of aliphatic hydroxyl groups is 2.